The van der Waals surface area contributed by atoms with E-state index >= 15 is 0 Å². The molecular formula is C25H29N3O. The van der Waals surface area contributed by atoms with E-state index < -0.39 is 0 Å². The van der Waals surface area contributed by atoms with Crippen LogP contribution in [-0.4, -0.2) is 41.1 Å². The second kappa shape index (κ2) is 8.82. The number of carbonyl (C=O) groups is 1. The van der Waals surface area contributed by atoms with Gasteiger partial charge in [-0.05, 0) is 53.1 Å². The summed E-state index contributed by atoms with van der Waals surface area (Å²) in [4.78, 5) is 16.4. The van der Waals surface area contributed by atoms with Crippen molar-refractivity contribution in [2.75, 3.05) is 45.0 Å². The Morgan fingerprint density at radius 3 is 1.62 bits per heavy atom. The Morgan fingerprint density at radius 1 is 0.724 bits per heavy atom. The minimum absolute atomic E-state index is 0.0482. The van der Waals surface area contributed by atoms with Gasteiger partial charge in [-0.3, -0.25) is 4.79 Å². The number of benzene rings is 3. The van der Waals surface area contributed by atoms with Crippen molar-refractivity contribution in [3.05, 3.63) is 95.1 Å². The predicted molar refractivity (Wildman–Crippen MR) is 122 cm³/mol. The lowest BCUT2D eigenvalue weighted by Crippen LogP contribution is -2.18. The summed E-state index contributed by atoms with van der Waals surface area (Å²) in [5.41, 5.74) is 6.49. The summed E-state index contributed by atoms with van der Waals surface area (Å²) < 4.78 is 0. The highest BCUT2D eigenvalue weighted by Crippen LogP contribution is 2.34. The van der Waals surface area contributed by atoms with Crippen LogP contribution in [0.15, 0.2) is 72.8 Å². The Kier molecular flexibility index (Phi) is 6.23. The van der Waals surface area contributed by atoms with Crippen molar-refractivity contribution >= 4 is 17.3 Å². The largest absolute Gasteiger partial charge is 0.378 e. The summed E-state index contributed by atoms with van der Waals surface area (Å²) in [6, 6.07) is 25.1. The number of rotatable bonds is 6. The molecule has 0 atom stereocenters. The Bertz CT molecular complexity index is 909. The van der Waals surface area contributed by atoms with Crippen LogP contribution < -0.4 is 15.1 Å². The van der Waals surface area contributed by atoms with Crippen molar-refractivity contribution in [1.29, 1.82) is 0 Å². The number of anilines is 2. The zero-order chi connectivity index (χ0) is 21.0. The van der Waals surface area contributed by atoms with E-state index in [1.807, 2.05) is 46.4 Å². The van der Waals surface area contributed by atoms with E-state index in [1.54, 1.807) is 7.05 Å². The normalized spacial score (nSPS) is 10.7. The van der Waals surface area contributed by atoms with Crippen molar-refractivity contribution in [1.82, 2.24) is 5.32 Å². The lowest BCUT2D eigenvalue weighted by molar-refractivity contribution is 0.0963. The monoisotopic (exact) mass is 387 g/mol. The number of carbonyl (C=O) groups excluding carboxylic acids is 1. The van der Waals surface area contributed by atoms with Crippen molar-refractivity contribution < 1.29 is 4.79 Å². The summed E-state index contributed by atoms with van der Waals surface area (Å²) >= 11 is 0. The van der Waals surface area contributed by atoms with Gasteiger partial charge in [0.25, 0.3) is 5.91 Å². The maximum atomic E-state index is 12.2. The van der Waals surface area contributed by atoms with E-state index in [9.17, 15) is 4.79 Å². The van der Waals surface area contributed by atoms with Gasteiger partial charge in [0.15, 0.2) is 0 Å². The Balaban J connectivity index is 2.10. The molecule has 1 N–H and O–H groups in total. The third-order valence-corrected chi connectivity index (χ3v) is 5.19. The molecule has 29 heavy (non-hydrogen) atoms. The van der Waals surface area contributed by atoms with E-state index in [-0.39, 0.29) is 11.8 Å². The first kappa shape index (κ1) is 20.5. The Hall–Kier alpha value is -3.27. The van der Waals surface area contributed by atoms with Crippen LogP contribution in [0.2, 0.25) is 0 Å². The maximum Gasteiger partial charge on any atom is 0.251 e. The third-order valence-electron chi connectivity index (χ3n) is 5.19. The number of nitrogens with zero attached hydrogens (tertiary/aromatic N) is 2. The average molecular weight is 388 g/mol. The molecule has 0 radical (unpaired) electrons. The molecule has 4 heteroatoms. The highest BCUT2D eigenvalue weighted by Gasteiger charge is 2.18. The topological polar surface area (TPSA) is 35.6 Å². The zero-order valence-electron chi connectivity index (χ0n) is 17.8. The molecule has 3 aromatic carbocycles. The first-order chi connectivity index (χ1) is 13.9. The van der Waals surface area contributed by atoms with Gasteiger partial charge >= 0.3 is 0 Å². The van der Waals surface area contributed by atoms with E-state index in [4.69, 9.17) is 0 Å². The fraction of sp³-hybridized carbons (Fsp3) is 0.240. The predicted octanol–water partition coefficient (Wildman–Crippen LogP) is 4.36. The summed E-state index contributed by atoms with van der Waals surface area (Å²) in [6.45, 7) is 0. The summed E-state index contributed by atoms with van der Waals surface area (Å²) in [6.07, 6.45) is 0. The lowest BCUT2D eigenvalue weighted by Gasteiger charge is -2.22. The number of hydrogen-bond acceptors (Lipinski definition) is 3. The number of amides is 1. The lowest BCUT2D eigenvalue weighted by atomic mass is 9.84. The van der Waals surface area contributed by atoms with Crippen LogP contribution in [0.4, 0.5) is 11.4 Å². The van der Waals surface area contributed by atoms with E-state index in [1.165, 1.54) is 11.1 Å². The first-order valence-corrected chi connectivity index (χ1v) is 9.77. The molecule has 0 bridgehead atoms. The van der Waals surface area contributed by atoms with Gasteiger partial charge in [-0.1, -0.05) is 36.4 Å². The molecule has 0 aliphatic carbocycles. The minimum Gasteiger partial charge on any atom is -0.378 e. The van der Waals surface area contributed by atoms with Gasteiger partial charge in [0.1, 0.15) is 0 Å². The molecule has 0 saturated heterocycles. The average Bonchev–Trinajstić information content (AvgIpc) is 2.74. The highest BCUT2D eigenvalue weighted by molar-refractivity contribution is 5.94. The standard InChI is InChI=1S/C25H29N3O/c1-26-25(29)21-8-6-7-20(17-21)24(18-9-13-22(14-10-18)27(2)3)19-11-15-23(16-12-19)28(4)5/h6-17,24H,1-5H3,(H,26,29). The summed E-state index contributed by atoms with van der Waals surface area (Å²) in [7, 11) is 9.82. The van der Waals surface area contributed by atoms with Gasteiger partial charge in [0.05, 0.1) is 0 Å². The summed E-state index contributed by atoms with van der Waals surface area (Å²) in [5.74, 6) is -0.0245. The van der Waals surface area contributed by atoms with Crippen molar-refractivity contribution in [2.24, 2.45) is 0 Å². The molecule has 0 aliphatic heterocycles. The zero-order valence-corrected chi connectivity index (χ0v) is 17.8. The fourth-order valence-corrected chi connectivity index (χ4v) is 3.51. The molecule has 3 rings (SSSR count). The molecule has 3 aromatic rings. The molecule has 1 amide bonds. The SMILES string of the molecule is CNC(=O)c1cccc(C(c2ccc(N(C)C)cc2)c2ccc(N(C)C)cc2)c1. The van der Waals surface area contributed by atoms with Gasteiger partial charge in [-0.25, -0.2) is 0 Å². The van der Waals surface area contributed by atoms with Crippen molar-refractivity contribution in [3.8, 4) is 0 Å². The van der Waals surface area contributed by atoms with Gasteiger partial charge in [-0.15, -0.1) is 0 Å². The molecule has 0 saturated carbocycles. The van der Waals surface area contributed by atoms with Crippen LogP contribution in [0.3, 0.4) is 0 Å². The van der Waals surface area contributed by atoms with Crippen LogP contribution in [-0.2, 0) is 0 Å². The molecule has 0 fully saturated rings. The van der Waals surface area contributed by atoms with Gasteiger partial charge < -0.3 is 15.1 Å². The van der Waals surface area contributed by atoms with Crippen LogP contribution in [0.5, 0.6) is 0 Å². The molecule has 0 unspecified atom stereocenters. The van der Waals surface area contributed by atoms with E-state index in [0.717, 1.165) is 16.9 Å². The van der Waals surface area contributed by atoms with E-state index in [0.29, 0.717) is 5.56 Å². The van der Waals surface area contributed by atoms with Crippen LogP contribution in [0.25, 0.3) is 0 Å². The molecule has 4 nitrogen and oxygen atoms in total. The van der Waals surface area contributed by atoms with Gasteiger partial charge in [0.2, 0.25) is 0 Å². The molecule has 0 aliphatic rings. The van der Waals surface area contributed by atoms with Crippen LogP contribution >= 0.6 is 0 Å². The first-order valence-electron chi connectivity index (χ1n) is 9.77. The molecule has 0 aromatic heterocycles. The van der Waals surface area contributed by atoms with Crippen molar-refractivity contribution in [3.63, 3.8) is 0 Å². The number of hydrogen-bond donors (Lipinski definition) is 1. The second-order valence-corrected chi connectivity index (χ2v) is 7.61. The van der Waals surface area contributed by atoms with Crippen molar-refractivity contribution in [2.45, 2.75) is 5.92 Å². The Morgan fingerprint density at radius 2 is 1.21 bits per heavy atom. The van der Waals surface area contributed by atoms with Gasteiger partial charge in [-0.2, -0.15) is 0 Å². The summed E-state index contributed by atoms with van der Waals surface area (Å²) in [5, 5.41) is 2.72. The highest BCUT2D eigenvalue weighted by atomic mass is 16.1. The Labute approximate surface area is 173 Å². The smallest absolute Gasteiger partial charge is 0.251 e. The van der Waals surface area contributed by atoms with E-state index in [2.05, 4.69) is 69.7 Å². The molecular weight excluding hydrogens is 358 g/mol. The fourth-order valence-electron chi connectivity index (χ4n) is 3.51. The minimum atomic E-state index is -0.0727. The maximum absolute atomic E-state index is 12.2. The third kappa shape index (κ3) is 4.60. The quantitative estimate of drug-likeness (QED) is 0.639. The second-order valence-electron chi connectivity index (χ2n) is 7.61. The van der Waals surface area contributed by atoms with Crippen LogP contribution in [0, 0.1) is 0 Å². The van der Waals surface area contributed by atoms with Gasteiger partial charge in [0, 0.05) is 58.1 Å². The molecule has 0 heterocycles. The van der Waals surface area contributed by atoms with Crippen LogP contribution in [0.1, 0.15) is 33.0 Å². The molecule has 150 valence electrons. The molecule has 0 spiro atoms. The number of nitrogens with one attached hydrogen (secondary N) is 1.